The van der Waals surface area contributed by atoms with E-state index < -0.39 is 26.7 Å². The van der Waals surface area contributed by atoms with Crippen LogP contribution in [-0.4, -0.2) is 24.7 Å². The van der Waals surface area contributed by atoms with E-state index in [0.717, 1.165) is 23.9 Å². The van der Waals surface area contributed by atoms with E-state index in [9.17, 15) is 21.6 Å². The fourth-order valence-electron chi connectivity index (χ4n) is 1.99. The number of nitrogens with one attached hydrogen (secondary N) is 1. The van der Waals surface area contributed by atoms with Crippen molar-refractivity contribution in [2.24, 2.45) is 7.05 Å². The van der Waals surface area contributed by atoms with Crippen molar-refractivity contribution in [1.82, 2.24) is 14.5 Å². The van der Waals surface area contributed by atoms with Crippen LogP contribution in [0.3, 0.4) is 0 Å². The van der Waals surface area contributed by atoms with E-state index in [1.54, 1.807) is 11.7 Å². The molecule has 0 saturated heterocycles. The molecule has 0 bridgehead atoms. The molecule has 0 aliphatic rings. The van der Waals surface area contributed by atoms with Gasteiger partial charge in [0.25, 0.3) is 0 Å². The van der Waals surface area contributed by atoms with Crippen molar-refractivity contribution in [3.63, 3.8) is 0 Å². The summed E-state index contributed by atoms with van der Waals surface area (Å²) in [5, 5.41) is 4.18. The molecule has 0 radical (unpaired) electrons. The Hall–Kier alpha value is -1.87. The van der Waals surface area contributed by atoms with Crippen molar-refractivity contribution in [3.05, 3.63) is 47.3 Å². The molecule has 0 fully saturated rings. The average molecular weight is 347 g/mol. The topological polar surface area (TPSA) is 64.0 Å². The second-order valence-corrected chi connectivity index (χ2v) is 6.84. The number of aryl methyl sites for hydroxylation is 2. The average Bonchev–Trinajstić information content (AvgIpc) is 2.76. The molecular weight excluding hydrogens is 331 g/mol. The molecule has 0 saturated carbocycles. The minimum absolute atomic E-state index is 0.0506. The second kappa shape index (κ2) is 6.32. The van der Waals surface area contributed by atoms with Crippen LogP contribution >= 0.6 is 0 Å². The van der Waals surface area contributed by atoms with Crippen molar-refractivity contribution in [2.45, 2.75) is 24.4 Å². The normalized spacial score (nSPS) is 12.6. The Morgan fingerprint density at radius 3 is 2.52 bits per heavy atom. The molecule has 1 heterocycles. The number of nitrogens with zero attached hydrogens (tertiary/aromatic N) is 2. The molecule has 0 aliphatic carbocycles. The minimum atomic E-state index is -4.59. The third-order valence-corrected chi connectivity index (χ3v) is 4.77. The SMILES string of the molecule is Cc1cc(CCNS(=O)(=O)c2cccc(C(F)(F)F)c2)nn1C. The summed E-state index contributed by atoms with van der Waals surface area (Å²) in [6, 6.07) is 5.46. The molecule has 2 aromatic rings. The van der Waals surface area contributed by atoms with Gasteiger partial charge in [0.15, 0.2) is 0 Å². The van der Waals surface area contributed by atoms with Crippen LogP contribution in [0.15, 0.2) is 35.2 Å². The first-order valence-corrected chi connectivity index (χ1v) is 8.24. The highest BCUT2D eigenvalue weighted by molar-refractivity contribution is 7.89. The third kappa shape index (κ3) is 4.32. The van der Waals surface area contributed by atoms with Gasteiger partial charge in [-0.15, -0.1) is 0 Å². The Labute approximate surface area is 132 Å². The fraction of sp³-hybridized carbons (Fsp3) is 0.357. The molecule has 1 aromatic heterocycles. The number of hydrogen-bond donors (Lipinski definition) is 1. The van der Waals surface area contributed by atoms with Gasteiger partial charge in [-0.2, -0.15) is 18.3 Å². The predicted octanol–water partition coefficient (Wildman–Crippen LogP) is 2.27. The first-order chi connectivity index (χ1) is 10.6. The van der Waals surface area contributed by atoms with Crippen LogP contribution in [-0.2, 0) is 29.7 Å². The summed E-state index contributed by atoms with van der Waals surface area (Å²) >= 11 is 0. The summed E-state index contributed by atoms with van der Waals surface area (Å²) in [5.41, 5.74) is 0.637. The van der Waals surface area contributed by atoms with E-state index in [-0.39, 0.29) is 6.54 Å². The van der Waals surface area contributed by atoms with Crippen LogP contribution in [0.5, 0.6) is 0 Å². The zero-order valence-corrected chi connectivity index (χ0v) is 13.4. The number of benzene rings is 1. The molecule has 1 N–H and O–H groups in total. The summed E-state index contributed by atoms with van der Waals surface area (Å²) in [6.45, 7) is 1.92. The highest BCUT2D eigenvalue weighted by atomic mass is 32.2. The molecule has 126 valence electrons. The van der Waals surface area contributed by atoms with Gasteiger partial charge in [0.1, 0.15) is 0 Å². The number of hydrogen-bond acceptors (Lipinski definition) is 3. The lowest BCUT2D eigenvalue weighted by Crippen LogP contribution is -2.26. The van der Waals surface area contributed by atoms with Gasteiger partial charge in [-0.05, 0) is 31.2 Å². The summed E-state index contributed by atoms with van der Waals surface area (Å²) < 4.78 is 66.0. The summed E-state index contributed by atoms with van der Waals surface area (Å²) in [6.07, 6.45) is -4.24. The molecule has 0 unspecified atom stereocenters. The van der Waals surface area contributed by atoms with E-state index in [4.69, 9.17) is 0 Å². The number of rotatable bonds is 5. The van der Waals surface area contributed by atoms with Gasteiger partial charge in [-0.1, -0.05) is 6.07 Å². The van der Waals surface area contributed by atoms with Crippen molar-refractivity contribution in [3.8, 4) is 0 Å². The number of sulfonamides is 1. The van der Waals surface area contributed by atoms with Crippen LogP contribution in [0.1, 0.15) is 17.0 Å². The fourth-order valence-corrected chi connectivity index (χ4v) is 3.07. The first-order valence-electron chi connectivity index (χ1n) is 6.76. The monoisotopic (exact) mass is 347 g/mol. The van der Waals surface area contributed by atoms with Crippen molar-refractivity contribution >= 4 is 10.0 Å². The standard InChI is InChI=1S/C14H16F3N3O2S/c1-10-8-12(19-20(10)2)6-7-18-23(21,22)13-5-3-4-11(9-13)14(15,16)17/h3-5,8-9,18H,6-7H2,1-2H3. The Kier molecular flexibility index (Phi) is 4.81. The highest BCUT2D eigenvalue weighted by Crippen LogP contribution is 2.30. The highest BCUT2D eigenvalue weighted by Gasteiger charge is 2.31. The van der Waals surface area contributed by atoms with Gasteiger partial charge in [0.2, 0.25) is 10.0 Å². The lowest BCUT2D eigenvalue weighted by atomic mass is 10.2. The summed E-state index contributed by atoms with van der Waals surface area (Å²) in [4.78, 5) is -0.412. The van der Waals surface area contributed by atoms with E-state index >= 15 is 0 Å². The van der Waals surface area contributed by atoms with Gasteiger partial charge < -0.3 is 0 Å². The summed E-state index contributed by atoms with van der Waals surface area (Å²) in [5.74, 6) is 0. The van der Waals surface area contributed by atoms with Gasteiger partial charge in [-0.25, -0.2) is 13.1 Å². The van der Waals surface area contributed by atoms with Crippen LogP contribution < -0.4 is 4.72 Å². The van der Waals surface area contributed by atoms with Gasteiger partial charge >= 0.3 is 6.18 Å². The van der Waals surface area contributed by atoms with Crippen LogP contribution in [0.4, 0.5) is 13.2 Å². The van der Waals surface area contributed by atoms with Crippen LogP contribution in [0.2, 0.25) is 0 Å². The number of alkyl halides is 3. The Morgan fingerprint density at radius 1 is 1.26 bits per heavy atom. The maximum atomic E-state index is 12.6. The third-order valence-electron chi connectivity index (χ3n) is 3.31. The molecule has 0 amide bonds. The molecule has 0 aliphatic heterocycles. The van der Waals surface area contributed by atoms with E-state index in [0.29, 0.717) is 18.2 Å². The predicted molar refractivity (Wildman–Crippen MR) is 78.3 cm³/mol. The molecule has 0 atom stereocenters. The lowest BCUT2D eigenvalue weighted by molar-refractivity contribution is -0.137. The van der Waals surface area contributed by atoms with E-state index in [1.807, 2.05) is 13.0 Å². The van der Waals surface area contributed by atoms with Gasteiger partial charge in [0, 0.05) is 25.7 Å². The van der Waals surface area contributed by atoms with Gasteiger partial charge in [0.05, 0.1) is 16.2 Å². The largest absolute Gasteiger partial charge is 0.416 e. The first kappa shape index (κ1) is 17.5. The quantitative estimate of drug-likeness (QED) is 0.902. The number of aromatic nitrogens is 2. The molecule has 2 rings (SSSR count). The minimum Gasteiger partial charge on any atom is -0.273 e. The second-order valence-electron chi connectivity index (χ2n) is 5.07. The van der Waals surface area contributed by atoms with Crippen molar-refractivity contribution in [1.29, 1.82) is 0 Å². The Balaban J connectivity index is 2.07. The molecule has 1 aromatic carbocycles. The zero-order chi connectivity index (χ0) is 17.3. The smallest absolute Gasteiger partial charge is 0.273 e. The Morgan fingerprint density at radius 2 is 1.96 bits per heavy atom. The lowest BCUT2D eigenvalue weighted by Gasteiger charge is -2.10. The van der Waals surface area contributed by atoms with Crippen LogP contribution in [0.25, 0.3) is 0 Å². The zero-order valence-electron chi connectivity index (χ0n) is 12.6. The van der Waals surface area contributed by atoms with Crippen molar-refractivity contribution < 1.29 is 21.6 Å². The Bertz CT molecular complexity index is 778. The molecular formula is C14H16F3N3O2S. The molecule has 0 spiro atoms. The maximum absolute atomic E-state index is 12.6. The van der Waals surface area contributed by atoms with Gasteiger partial charge in [-0.3, -0.25) is 4.68 Å². The van der Waals surface area contributed by atoms with Crippen LogP contribution in [0, 0.1) is 6.92 Å². The molecule has 23 heavy (non-hydrogen) atoms. The molecule has 5 nitrogen and oxygen atoms in total. The van der Waals surface area contributed by atoms with Crippen molar-refractivity contribution in [2.75, 3.05) is 6.54 Å². The summed E-state index contributed by atoms with van der Waals surface area (Å²) in [7, 11) is -2.23. The molecule has 9 heteroatoms. The number of halogens is 3. The van der Waals surface area contributed by atoms with E-state index in [1.165, 1.54) is 0 Å². The maximum Gasteiger partial charge on any atom is 0.416 e. The van der Waals surface area contributed by atoms with E-state index in [2.05, 4.69) is 9.82 Å².